The molecule has 0 aliphatic carbocycles. The number of nitrogens with two attached hydrogens (primary N) is 1. The number of hydrogen-bond acceptors (Lipinski definition) is 2. The Kier molecular flexibility index (Phi) is 3.10. The first-order valence-corrected chi connectivity index (χ1v) is 5.38. The quantitative estimate of drug-likeness (QED) is 0.858. The first-order chi connectivity index (χ1) is 8.65. The van der Waals surface area contributed by atoms with Crippen LogP contribution in [-0.4, -0.2) is 11.8 Å². The van der Waals surface area contributed by atoms with Gasteiger partial charge < -0.3 is 11.1 Å². The van der Waals surface area contributed by atoms with Crippen LogP contribution >= 0.6 is 0 Å². The van der Waals surface area contributed by atoms with Gasteiger partial charge in [0.2, 0.25) is 5.91 Å². The molecule has 0 saturated carbocycles. The number of amides is 2. The molecule has 0 fully saturated rings. The van der Waals surface area contributed by atoms with Gasteiger partial charge in [0.15, 0.2) is 0 Å². The normalized spacial score (nSPS) is 10.0. The van der Waals surface area contributed by atoms with Gasteiger partial charge in [0.05, 0.1) is 11.1 Å². The summed E-state index contributed by atoms with van der Waals surface area (Å²) in [7, 11) is 0. The van der Waals surface area contributed by atoms with Crippen molar-refractivity contribution in [3.05, 3.63) is 60.3 Å². The molecule has 0 heterocycles. The highest BCUT2D eigenvalue weighted by atomic mass is 16.2. The van der Waals surface area contributed by atoms with Crippen molar-refractivity contribution in [3.63, 3.8) is 0 Å². The number of carbonyl (C=O) groups excluding carboxylic acids is 2. The lowest BCUT2D eigenvalue weighted by atomic mass is 9.98. The molecule has 2 aromatic rings. The standard InChI is InChI=1S/C14H12N2O2/c1-2-16-14(18)12-10-6-4-3-5-9(10)7-8-11(12)13(15)17/h2-8H,1H2,(H2,15,17)(H,16,18). The molecule has 4 heteroatoms. The lowest BCUT2D eigenvalue weighted by Gasteiger charge is -2.09. The fourth-order valence-corrected chi connectivity index (χ4v) is 1.89. The molecule has 2 amide bonds. The van der Waals surface area contributed by atoms with Crippen molar-refractivity contribution in [2.24, 2.45) is 5.73 Å². The highest BCUT2D eigenvalue weighted by Gasteiger charge is 2.17. The first-order valence-electron chi connectivity index (χ1n) is 5.38. The van der Waals surface area contributed by atoms with Crippen LogP contribution in [0, 0.1) is 0 Å². The van der Waals surface area contributed by atoms with E-state index < -0.39 is 11.8 Å². The second kappa shape index (κ2) is 4.71. The summed E-state index contributed by atoms with van der Waals surface area (Å²) in [6, 6.07) is 10.6. The number of rotatable bonds is 3. The molecule has 0 atom stereocenters. The number of hydrogen-bond donors (Lipinski definition) is 2. The summed E-state index contributed by atoms with van der Waals surface area (Å²) in [6.07, 6.45) is 1.27. The maximum Gasteiger partial charge on any atom is 0.256 e. The SMILES string of the molecule is C=CNC(=O)c1c(C(N)=O)ccc2ccccc12. The van der Waals surface area contributed by atoms with Crippen molar-refractivity contribution < 1.29 is 9.59 Å². The van der Waals surface area contributed by atoms with Gasteiger partial charge in [-0.2, -0.15) is 0 Å². The molecule has 0 bridgehead atoms. The zero-order chi connectivity index (χ0) is 13.1. The van der Waals surface area contributed by atoms with Crippen molar-refractivity contribution in [2.75, 3.05) is 0 Å². The van der Waals surface area contributed by atoms with Gasteiger partial charge in [0.1, 0.15) is 0 Å². The van der Waals surface area contributed by atoms with Crippen LogP contribution in [0.1, 0.15) is 20.7 Å². The Hall–Kier alpha value is -2.62. The molecule has 0 spiro atoms. The van der Waals surface area contributed by atoms with Crippen LogP contribution in [0.25, 0.3) is 10.8 Å². The van der Waals surface area contributed by atoms with E-state index in [1.807, 2.05) is 12.1 Å². The van der Waals surface area contributed by atoms with Crippen molar-refractivity contribution in [1.29, 1.82) is 0 Å². The largest absolute Gasteiger partial charge is 0.366 e. The molecule has 4 nitrogen and oxygen atoms in total. The topological polar surface area (TPSA) is 72.2 Å². The third-order valence-electron chi connectivity index (χ3n) is 2.65. The Bertz CT molecular complexity index is 647. The van der Waals surface area contributed by atoms with E-state index in [1.54, 1.807) is 24.3 Å². The summed E-state index contributed by atoms with van der Waals surface area (Å²) >= 11 is 0. The van der Waals surface area contributed by atoms with Crippen LogP contribution in [0.15, 0.2) is 49.2 Å². The van der Waals surface area contributed by atoms with Crippen LogP contribution in [-0.2, 0) is 0 Å². The third kappa shape index (κ3) is 1.96. The smallest absolute Gasteiger partial charge is 0.256 e. The molecule has 2 aromatic carbocycles. The molecule has 2 rings (SSSR count). The predicted molar refractivity (Wildman–Crippen MR) is 70.1 cm³/mol. The maximum atomic E-state index is 12.0. The van der Waals surface area contributed by atoms with Gasteiger partial charge in [-0.05, 0) is 23.0 Å². The fourth-order valence-electron chi connectivity index (χ4n) is 1.89. The van der Waals surface area contributed by atoms with E-state index in [0.717, 1.165) is 5.39 Å². The molecule has 0 radical (unpaired) electrons. The number of nitrogens with one attached hydrogen (secondary N) is 1. The predicted octanol–water partition coefficient (Wildman–Crippen LogP) is 1.81. The van der Waals surface area contributed by atoms with Gasteiger partial charge in [0.25, 0.3) is 5.91 Å². The summed E-state index contributed by atoms with van der Waals surface area (Å²) < 4.78 is 0. The minimum Gasteiger partial charge on any atom is -0.366 e. The summed E-state index contributed by atoms with van der Waals surface area (Å²) in [5.41, 5.74) is 5.77. The molecule has 90 valence electrons. The molecule has 0 aromatic heterocycles. The monoisotopic (exact) mass is 240 g/mol. The number of fused-ring (bicyclic) bond motifs is 1. The number of carbonyl (C=O) groups is 2. The average molecular weight is 240 g/mol. The van der Waals surface area contributed by atoms with Crippen LogP contribution < -0.4 is 11.1 Å². The molecule has 18 heavy (non-hydrogen) atoms. The van der Waals surface area contributed by atoms with Gasteiger partial charge in [-0.1, -0.05) is 36.9 Å². The van der Waals surface area contributed by atoms with Crippen molar-refractivity contribution >= 4 is 22.6 Å². The minimum absolute atomic E-state index is 0.202. The third-order valence-corrected chi connectivity index (χ3v) is 2.65. The van der Waals surface area contributed by atoms with E-state index in [4.69, 9.17) is 5.73 Å². The summed E-state index contributed by atoms with van der Waals surface area (Å²) in [6.45, 7) is 3.43. The van der Waals surface area contributed by atoms with Crippen LogP contribution in [0.4, 0.5) is 0 Å². The molecule has 0 saturated heterocycles. The highest BCUT2D eigenvalue weighted by Crippen LogP contribution is 2.22. The molecule has 3 N–H and O–H groups in total. The van der Waals surface area contributed by atoms with Crippen LogP contribution in [0.5, 0.6) is 0 Å². The Balaban J connectivity index is 2.78. The number of benzene rings is 2. The van der Waals surface area contributed by atoms with E-state index in [0.29, 0.717) is 5.39 Å². The highest BCUT2D eigenvalue weighted by molar-refractivity contribution is 6.15. The molecular weight excluding hydrogens is 228 g/mol. The van der Waals surface area contributed by atoms with Gasteiger partial charge in [-0.15, -0.1) is 0 Å². The Morgan fingerprint density at radius 3 is 2.56 bits per heavy atom. The minimum atomic E-state index is -0.630. The van der Waals surface area contributed by atoms with Crippen LogP contribution in [0.3, 0.4) is 0 Å². The van der Waals surface area contributed by atoms with E-state index in [1.165, 1.54) is 6.20 Å². The lowest BCUT2D eigenvalue weighted by Crippen LogP contribution is -2.23. The van der Waals surface area contributed by atoms with Crippen molar-refractivity contribution in [2.45, 2.75) is 0 Å². The molecular formula is C14H12N2O2. The second-order valence-electron chi connectivity index (χ2n) is 3.75. The zero-order valence-corrected chi connectivity index (χ0v) is 9.64. The maximum absolute atomic E-state index is 12.0. The Morgan fingerprint density at radius 2 is 1.89 bits per heavy atom. The first kappa shape index (κ1) is 11.9. The Morgan fingerprint density at radius 1 is 1.17 bits per heavy atom. The molecule has 0 aliphatic rings. The van der Waals surface area contributed by atoms with E-state index >= 15 is 0 Å². The van der Waals surface area contributed by atoms with E-state index in [9.17, 15) is 9.59 Å². The fraction of sp³-hybridized carbons (Fsp3) is 0. The van der Waals surface area contributed by atoms with Crippen molar-refractivity contribution in [1.82, 2.24) is 5.32 Å². The second-order valence-corrected chi connectivity index (χ2v) is 3.75. The Labute approximate surface area is 104 Å². The van der Waals surface area contributed by atoms with Crippen molar-refractivity contribution in [3.8, 4) is 0 Å². The number of primary amides is 1. The summed E-state index contributed by atoms with van der Waals surface area (Å²) in [5.74, 6) is -1.02. The van der Waals surface area contributed by atoms with Gasteiger partial charge in [-0.3, -0.25) is 9.59 Å². The molecule has 0 aliphatic heterocycles. The average Bonchev–Trinajstić information content (AvgIpc) is 2.37. The van der Waals surface area contributed by atoms with Gasteiger partial charge in [-0.25, -0.2) is 0 Å². The molecule has 0 unspecified atom stereocenters. The van der Waals surface area contributed by atoms with E-state index in [-0.39, 0.29) is 11.1 Å². The summed E-state index contributed by atoms with van der Waals surface area (Å²) in [5, 5.41) is 4.03. The van der Waals surface area contributed by atoms with Gasteiger partial charge >= 0.3 is 0 Å². The van der Waals surface area contributed by atoms with Gasteiger partial charge in [0, 0.05) is 0 Å². The lowest BCUT2D eigenvalue weighted by molar-refractivity contribution is 0.0950. The van der Waals surface area contributed by atoms with Crippen LogP contribution in [0.2, 0.25) is 0 Å². The van der Waals surface area contributed by atoms with E-state index in [2.05, 4.69) is 11.9 Å². The zero-order valence-electron chi connectivity index (χ0n) is 9.64. The summed E-state index contributed by atoms with van der Waals surface area (Å²) in [4.78, 5) is 23.4.